The fourth-order valence-electron chi connectivity index (χ4n) is 4.60. The van der Waals surface area contributed by atoms with Gasteiger partial charge >= 0.3 is 7.60 Å². The summed E-state index contributed by atoms with van der Waals surface area (Å²) in [6.07, 6.45) is -6.79. The molecule has 0 spiro atoms. The number of alkyl halides is 2. The number of pyridine rings is 2. The van der Waals surface area contributed by atoms with Crippen molar-refractivity contribution in [2.45, 2.75) is 49.4 Å². The van der Waals surface area contributed by atoms with E-state index in [-0.39, 0.29) is 11.6 Å². The van der Waals surface area contributed by atoms with Gasteiger partial charge in [-0.2, -0.15) is 0 Å². The molecule has 2 fully saturated rings. The molecule has 0 radical (unpaired) electrons. The van der Waals surface area contributed by atoms with Gasteiger partial charge in [-0.05, 0) is 12.1 Å². The summed E-state index contributed by atoms with van der Waals surface area (Å²) in [6, 6.07) is 3.21. The molecule has 2 aliphatic heterocycles. The van der Waals surface area contributed by atoms with Crippen LogP contribution in [0.5, 0.6) is 0 Å². The number of rotatable bonds is 6. The van der Waals surface area contributed by atoms with E-state index in [4.69, 9.17) is 40.6 Å². The van der Waals surface area contributed by atoms with Gasteiger partial charge in [0.1, 0.15) is 29.3 Å². The smallest absolute Gasteiger partial charge is 0.351 e. The number of aliphatic hydroxyl groups excluding tert-OH is 3. The van der Waals surface area contributed by atoms with Crippen LogP contribution in [0.1, 0.15) is 12.5 Å². The van der Waals surface area contributed by atoms with Gasteiger partial charge in [-0.25, -0.2) is 28.7 Å². The Morgan fingerprint density at radius 2 is 1.38 bits per heavy atom. The molecule has 6 heterocycles. The van der Waals surface area contributed by atoms with Crippen molar-refractivity contribution in [3.63, 3.8) is 0 Å². The van der Waals surface area contributed by atoms with Crippen LogP contribution in [0, 0.1) is 0 Å². The number of nitrogens with two attached hydrogens (primary N) is 2. The molecule has 20 heteroatoms. The molecule has 0 amide bonds. The van der Waals surface area contributed by atoms with Crippen molar-refractivity contribution in [2.24, 2.45) is 0 Å². The maximum atomic E-state index is 14.1. The fourth-order valence-corrected chi connectivity index (χ4v) is 4.94. The normalized spacial score (nSPS) is 29.7. The summed E-state index contributed by atoms with van der Waals surface area (Å²) in [5.41, 5.74) is 13.2. The van der Waals surface area contributed by atoms with Crippen LogP contribution in [-0.2, 0) is 18.8 Å². The van der Waals surface area contributed by atoms with Gasteiger partial charge in [0.05, 0.1) is 30.3 Å². The van der Waals surface area contributed by atoms with Crippen molar-refractivity contribution in [1.29, 1.82) is 0 Å². The molecule has 2 unspecified atom stereocenters. The number of anilines is 2. The molecule has 0 saturated carbocycles. The van der Waals surface area contributed by atoms with Crippen LogP contribution in [0.2, 0.25) is 0 Å². The molecule has 2 aliphatic rings. The number of nitrogen functional groups attached to an aromatic ring is 2. The number of fused-ring (bicyclic) bond motifs is 2. The minimum absolute atomic E-state index is 0.167. The molecule has 9 N–H and O–H groups in total. The van der Waals surface area contributed by atoms with Crippen molar-refractivity contribution < 1.29 is 52.7 Å². The summed E-state index contributed by atoms with van der Waals surface area (Å²) >= 11 is 0. The van der Waals surface area contributed by atoms with Crippen LogP contribution in [0.15, 0.2) is 37.2 Å². The lowest BCUT2D eigenvalue weighted by atomic mass is 10.1. The third-order valence-electron chi connectivity index (χ3n) is 6.62. The van der Waals surface area contributed by atoms with Gasteiger partial charge in [-0.15, -0.1) is 0 Å². The van der Waals surface area contributed by atoms with E-state index in [0.29, 0.717) is 22.1 Å². The second-order valence-corrected chi connectivity index (χ2v) is 11.0. The Kier molecular flexibility index (Phi) is 8.39. The summed E-state index contributed by atoms with van der Waals surface area (Å²) in [4.78, 5) is 33.4. The first-order chi connectivity index (χ1) is 19.9. The fraction of sp³-hybridized carbons (Fsp3) is 0.455. The zero-order valence-electron chi connectivity index (χ0n) is 21.4. The van der Waals surface area contributed by atoms with Crippen LogP contribution in [-0.4, -0.2) is 104 Å². The molecule has 17 nitrogen and oxygen atoms in total. The summed E-state index contributed by atoms with van der Waals surface area (Å²) in [5, 5.41) is 28.8. The van der Waals surface area contributed by atoms with Gasteiger partial charge in [0.2, 0.25) is 0 Å². The summed E-state index contributed by atoms with van der Waals surface area (Å²) in [7, 11) is -4.48. The van der Waals surface area contributed by atoms with E-state index in [2.05, 4.69) is 19.9 Å². The van der Waals surface area contributed by atoms with Crippen molar-refractivity contribution in [3.05, 3.63) is 37.2 Å². The zero-order valence-corrected chi connectivity index (χ0v) is 22.3. The lowest BCUT2D eigenvalue weighted by Gasteiger charge is -2.16. The average molecular weight is 616 g/mol. The van der Waals surface area contributed by atoms with E-state index in [1.54, 1.807) is 12.1 Å². The quantitative estimate of drug-likeness (QED) is 0.132. The summed E-state index contributed by atoms with van der Waals surface area (Å²) in [6.45, 7) is -0.495. The highest BCUT2D eigenvalue weighted by atomic mass is 31.2. The van der Waals surface area contributed by atoms with Crippen molar-refractivity contribution in [1.82, 2.24) is 29.1 Å². The topological polar surface area (TPSA) is 259 Å². The Morgan fingerprint density at radius 1 is 0.881 bits per heavy atom. The number of imidazole rings is 2. The highest BCUT2D eigenvalue weighted by Crippen LogP contribution is 2.39. The minimum Gasteiger partial charge on any atom is -0.394 e. The van der Waals surface area contributed by atoms with Crippen LogP contribution >= 0.6 is 7.60 Å². The minimum atomic E-state index is -4.48. The SMILES string of the molecule is Nc1nccc2c1ncn2[C@@H]1O[C@H](CO)C(F)[C@@H]1O.Nc1nccc2c1ncn2[C@@H]1O[C@H](OCP(=O)(O)O)C(F)[C@@H]1O. The van der Waals surface area contributed by atoms with Gasteiger partial charge in [0.15, 0.2) is 49.1 Å². The van der Waals surface area contributed by atoms with Gasteiger partial charge < -0.3 is 59.9 Å². The van der Waals surface area contributed by atoms with E-state index in [9.17, 15) is 23.6 Å². The molecule has 2 saturated heterocycles. The van der Waals surface area contributed by atoms with Crippen LogP contribution < -0.4 is 11.5 Å². The molecule has 4 aromatic heterocycles. The van der Waals surface area contributed by atoms with Crippen molar-refractivity contribution >= 4 is 41.3 Å². The molecule has 42 heavy (non-hydrogen) atoms. The Bertz CT molecular complexity index is 1600. The first-order valence-electron chi connectivity index (χ1n) is 12.3. The standard InChI is InChI=1S/C11H14FN4O6P.C11H13FN4O3/c12-6-8(17)10(22-11(6)21-4-23(18,19)20)16-3-15-7-5(16)1-2-14-9(7)13;12-7-6(3-17)19-11(9(7)18)16-4-15-8-5(16)1-2-14-10(8)13/h1-3,6,8,10-11,17H,4H2,(H2,13,14)(H2,18,19,20);1-2,4,6-7,9,11,17-18H,3H2,(H2,13,14)/t6?,8-,10+,11-;6-,7?,9+,11-/m01/s1. The van der Waals surface area contributed by atoms with E-state index in [1.807, 2.05) is 0 Å². The average Bonchev–Trinajstić information content (AvgIpc) is 3.70. The third-order valence-corrected chi connectivity index (χ3v) is 7.10. The van der Waals surface area contributed by atoms with E-state index in [1.165, 1.54) is 34.2 Å². The van der Waals surface area contributed by atoms with E-state index >= 15 is 0 Å². The van der Waals surface area contributed by atoms with Gasteiger partial charge in [-0.1, -0.05) is 0 Å². The highest BCUT2D eigenvalue weighted by Gasteiger charge is 2.47. The van der Waals surface area contributed by atoms with Crippen molar-refractivity contribution in [2.75, 3.05) is 24.4 Å². The Hall–Kier alpha value is -3.39. The highest BCUT2D eigenvalue weighted by molar-refractivity contribution is 7.51. The van der Waals surface area contributed by atoms with Gasteiger partial charge in [0, 0.05) is 12.4 Å². The lowest BCUT2D eigenvalue weighted by Crippen LogP contribution is -2.29. The largest absolute Gasteiger partial charge is 0.394 e. The number of ether oxygens (including phenoxy) is 3. The van der Waals surface area contributed by atoms with Crippen molar-refractivity contribution in [3.8, 4) is 0 Å². The first kappa shape index (κ1) is 30.1. The third kappa shape index (κ3) is 5.65. The second-order valence-electron chi connectivity index (χ2n) is 9.40. The maximum absolute atomic E-state index is 14.1. The second kappa shape index (κ2) is 11.7. The van der Waals surface area contributed by atoms with Gasteiger partial charge in [0.25, 0.3) is 0 Å². The first-order valence-corrected chi connectivity index (χ1v) is 14.1. The molecular formula is C22H27F2N8O9P. The van der Waals surface area contributed by atoms with E-state index < -0.39 is 70.0 Å². The molecule has 6 rings (SSSR count). The van der Waals surface area contributed by atoms with Gasteiger partial charge in [-0.3, -0.25) is 4.57 Å². The molecule has 0 aromatic carbocycles. The maximum Gasteiger partial charge on any atom is 0.351 e. The molecular weight excluding hydrogens is 589 g/mol. The zero-order chi connectivity index (χ0) is 30.3. The Labute approximate surface area is 234 Å². The molecule has 0 bridgehead atoms. The monoisotopic (exact) mass is 616 g/mol. The number of nitrogens with zero attached hydrogens (tertiary/aromatic N) is 6. The van der Waals surface area contributed by atoms with Crippen LogP contribution in [0.3, 0.4) is 0 Å². The van der Waals surface area contributed by atoms with Crippen LogP contribution in [0.4, 0.5) is 20.4 Å². The number of aromatic nitrogens is 6. The predicted molar refractivity (Wildman–Crippen MR) is 139 cm³/mol. The predicted octanol–water partition coefficient (Wildman–Crippen LogP) is -0.679. The Morgan fingerprint density at radius 3 is 1.86 bits per heavy atom. The van der Waals surface area contributed by atoms with Crippen LogP contribution in [0.25, 0.3) is 22.1 Å². The summed E-state index contributed by atoms with van der Waals surface area (Å²) in [5.74, 6) is 0.416. The molecule has 4 aromatic rings. The molecule has 228 valence electrons. The Balaban J connectivity index is 0.000000171. The number of halogens is 2. The number of hydrogen-bond donors (Lipinski definition) is 7. The lowest BCUT2D eigenvalue weighted by molar-refractivity contribution is -0.157. The molecule has 0 aliphatic carbocycles. The number of hydrogen-bond acceptors (Lipinski definition) is 13. The van der Waals surface area contributed by atoms with E-state index in [0.717, 1.165) is 0 Å². The molecule has 8 atom stereocenters. The number of aliphatic hydroxyl groups is 3. The summed E-state index contributed by atoms with van der Waals surface area (Å²) < 4.78 is 56.7.